The van der Waals surface area contributed by atoms with Crippen molar-refractivity contribution in [3.05, 3.63) is 337 Å². The van der Waals surface area contributed by atoms with Crippen LogP contribution in [0.4, 0.5) is 11.4 Å². The lowest BCUT2D eigenvalue weighted by molar-refractivity contribution is 0.0625. The van der Waals surface area contributed by atoms with E-state index in [2.05, 4.69) is 89.5 Å². The summed E-state index contributed by atoms with van der Waals surface area (Å²) in [5, 5.41) is 7.55. The highest BCUT2D eigenvalue weighted by molar-refractivity contribution is 6.26. The first-order chi connectivity index (χ1) is 67.1. The minimum atomic E-state index is -0.363. The van der Waals surface area contributed by atoms with Gasteiger partial charge >= 0.3 is 0 Å². The molecule has 0 atom stereocenters. The predicted molar refractivity (Wildman–Crippen MR) is 522 cm³/mol. The van der Waals surface area contributed by atoms with Crippen LogP contribution in [0.15, 0.2) is 243 Å². The number of hydrogen-bond acceptors (Lipinski definition) is 25. The fraction of sp³-hybridized carbons (Fsp3) is 0.287. The molecule has 0 saturated carbocycles. The lowest BCUT2D eigenvalue weighted by atomic mass is 10.1. The molecule has 30 heteroatoms. The number of methoxy groups -OCH3 is 8. The molecule has 714 valence electrons. The average Bonchev–Trinajstić information content (AvgIpc) is 1.62. The molecule has 11 aromatic carbocycles. The van der Waals surface area contributed by atoms with E-state index in [1.54, 1.807) is 159 Å². The molecule has 0 bridgehead atoms. The van der Waals surface area contributed by atoms with Crippen molar-refractivity contribution in [2.75, 3.05) is 152 Å². The van der Waals surface area contributed by atoms with Gasteiger partial charge < -0.3 is 62.5 Å². The Bertz CT molecular complexity index is 6400. The quantitative estimate of drug-likeness (QED) is 0.0289. The molecule has 18 rings (SSSR count). The first-order valence-electron chi connectivity index (χ1n) is 45.6. The second kappa shape index (κ2) is 45.3. The van der Waals surface area contributed by atoms with Gasteiger partial charge in [0.25, 0.3) is 47.3 Å². The Labute approximate surface area is 803 Å². The van der Waals surface area contributed by atoms with Gasteiger partial charge in [-0.15, -0.1) is 0 Å². The molecule has 6 aliphatic heterocycles. The Hall–Kier alpha value is -15.4. The molecule has 0 unspecified atom stereocenters. The fourth-order valence-electron chi connectivity index (χ4n) is 17.7. The van der Waals surface area contributed by atoms with Crippen molar-refractivity contribution in [1.29, 1.82) is 0 Å². The molecule has 0 spiro atoms. The van der Waals surface area contributed by atoms with Gasteiger partial charge in [-0.05, 0) is 150 Å². The number of nitrogens with zero attached hydrogens (tertiary/aromatic N) is 11. The van der Waals surface area contributed by atoms with Crippen LogP contribution in [0.2, 0.25) is 0 Å². The molecule has 2 saturated heterocycles. The molecule has 7 heterocycles. The number of anilines is 2. The number of benzene rings is 11. The van der Waals surface area contributed by atoms with E-state index >= 15 is 0 Å². The molecule has 1 aromatic heterocycles. The largest absolute Gasteiger partial charge is 0.493 e. The van der Waals surface area contributed by atoms with Crippen molar-refractivity contribution in [3.63, 3.8) is 0 Å². The van der Waals surface area contributed by atoms with Gasteiger partial charge in [0, 0.05) is 110 Å². The van der Waals surface area contributed by atoms with Crippen molar-refractivity contribution in [1.82, 2.24) is 49.4 Å². The first kappa shape index (κ1) is 97.2. The minimum absolute atomic E-state index is 0.130. The number of amides is 8. The third-order valence-electron chi connectivity index (χ3n) is 25.2. The molecule has 8 amide bonds. The number of ether oxygens (including phenoxy) is 10. The van der Waals surface area contributed by atoms with Crippen LogP contribution in [0.25, 0.3) is 0 Å². The number of aryl methyl sites for hydroxylation is 1. The number of imide groups is 4. The Balaban J connectivity index is 0.000000140. The Morgan fingerprint density at radius 3 is 1.03 bits per heavy atom. The molecule has 2 fully saturated rings. The Morgan fingerprint density at radius 1 is 0.319 bits per heavy atom. The second-order valence-corrected chi connectivity index (χ2v) is 33.8. The van der Waals surface area contributed by atoms with Crippen LogP contribution in [0, 0.1) is 6.92 Å². The van der Waals surface area contributed by atoms with E-state index in [1.165, 1.54) is 36.3 Å². The molecule has 138 heavy (non-hydrogen) atoms. The Kier molecular flexibility index (Phi) is 31.9. The van der Waals surface area contributed by atoms with Crippen LogP contribution in [0.1, 0.15) is 133 Å². The summed E-state index contributed by atoms with van der Waals surface area (Å²) in [6.07, 6.45) is 1.73. The number of rotatable bonds is 34. The number of carbonyl (C=O) groups is 8. The highest BCUT2D eigenvalue weighted by Gasteiger charge is 2.44. The van der Waals surface area contributed by atoms with Gasteiger partial charge in [0.15, 0.2) is 46.0 Å². The van der Waals surface area contributed by atoms with Crippen molar-refractivity contribution in [2.45, 2.75) is 59.3 Å². The van der Waals surface area contributed by atoms with Crippen LogP contribution < -0.4 is 62.5 Å². The van der Waals surface area contributed by atoms with E-state index in [4.69, 9.17) is 47.4 Å². The third kappa shape index (κ3) is 22.1. The van der Waals surface area contributed by atoms with Crippen LogP contribution in [0.5, 0.6) is 57.5 Å². The van der Waals surface area contributed by atoms with Crippen molar-refractivity contribution in [3.8, 4) is 57.5 Å². The summed E-state index contributed by atoms with van der Waals surface area (Å²) < 4.78 is 56.3. The first-order valence-corrected chi connectivity index (χ1v) is 45.6. The van der Waals surface area contributed by atoms with Crippen molar-refractivity contribution in [2.24, 2.45) is 7.05 Å². The maximum atomic E-state index is 13.6. The smallest absolute Gasteiger partial charge is 0.265 e. The zero-order chi connectivity index (χ0) is 97.0. The maximum Gasteiger partial charge on any atom is 0.265 e. The molecule has 6 aliphatic rings. The van der Waals surface area contributed by atoms with Gasteiger partial charge in [-0.1, -0.05) is 140 Å². The number of likely N-dealkylation sites (N-methyl/N-ethyl adjacent to an activating group) is 1. The van der Waals surface area contributed by atoms with Crippen LogP contribution in [-0.4, -0.2) is 234 Å². The number of hydrogen-bond donors (Lipinski definition) is 1. The topological polar surface area (TPSA) is 288 Å². The van der Waals surface area contributed by atoms with Crippen molar-refractivity contribution < 1.29 is 85.7 Å². The highest BCUT2D eigenvalue weighted by Crippen LogP contribution is 2.41. The second-order valence-electron chi connectivity index (χ2n) is 33.8. The summed E-state index contributed by atoms with van der Waals surface area (Å²) in [5.41, 5.74) is 14.0. The maximum absolute atomic E-state index is 13.6. The zero-order valence-electron chi connectivity index (χ0n) is 79.5. The van der Waals surface area contributed by atoms with Gasteiger partial charge in [0.05, 0.1) is 145 Å². The summed E-state index contributed by atoms with van der Waals surface area (Å²) in [5.74, 6) is 3.30. The summed E-state index contributed by atoms with van der Waals surface area (Å²) in [4.78, 5) is 122. The van der Waals surface area contributed by atoms with Crippen LogP contribution >= 0.6 is 0 Å². The molecule has 30 nitrogen and oxygen atoms in total. The highest BCUT2D eigenvalue weighted by atomic mass is 16.5. The van der Waals surface area contributed by atoms with Gasteiger partial charge in [-0.2, -0.15) is 5.10 Å². The standard InChI is InChI=1S/C30H33N3O6.C27H28N2O5.C26H26N2O5.C25H27N5O2/c1-36-24-10-8-20(16-26(24)38-3)18-31-12-14-32(15-13-31)23-7-5-6-22-28(23)30(35)33(29(22)34)19-21-9-11-25(37-2)27(17-21)39-4;1-28(17-19-8-5-4-6-9-19)14-15-34-23-11-7-10-21-25(23)27(31)29(26(21)30)18-20-12-13-22(32-2)24(16-20)33-3;1-31-21-12-11-19(15-23(21)32-2)17-28-25(29)20-9-6-10-22(24(20)26(28)30)33-14-13-27-16-18-7-4-3-5-8-18;1-18-20(15-26-27(18)2)17-30-24(31)21-9-6-10-22(23(21)25(30)32)29-13-11-28(12-14-29)16-19-7-4-3-5-8-19/h5-11,16-17H,12-15,18-19H2,1-4H3;4-13,16H,14-15,17-18H2,1-3H3;3-12,15,27H,13-14,16-17H2,1-2H3;3-10,15H,11-14,16-17H2,1-2H3. The molecule has 0 radical (unpaired) electrons. The predicted octanol–water partition coefficient (Wildman–Crippen LogP) is 14.4. The van der Waals surface area contributed by atoms with E-state index in [0.717, 1.165) is 123 Å². The minimum Gasteiger partial charge on any atom is -0.493 e. The number of aromatic nitrogens is 2. The molecule has 1 N–H and O–H groups in total. The number of fused-ring (bicyclic) bond motifs is 4. The number of carbonyl (C=O) groups excluding carboxylic acids is 8. The van der Waals surface area contributed by atoms with Crippen LogP contribution in [0.3, 0.4) is 0 Å². The van der Waals surface area contributed by atoms with E-state index in [0.29, 0.717) is 128 Å². The van der Waals surface area contributed by atoms with Crippen molar-refractivity contribution >= 4 is 58.6 Å². The lowest BCUT2D eigenvalue weighted by Crippen LogP contribution is -2.46. The number of piperazine rings is 2. The Morgan fingerprint density at radius 2 is 0.652 bits per heavy atom. The molecular formula is C108H114N12O18. The fourth-order valence-corrected chi connectivity index (χ4v) is 17.7. The van der Waals surface area contributed by atoms with Gasteiger partial charge in [0.1, 0.15) is 24.7 Å². The summed E-state index contributed by atoms with van der Waals surface area (Å²) in [6.45, 7) is 14.6. The van der Waals surface area contributed by atoms with Gasteiger partial charge in [0.2, 0.25) is 0 Å². The third-order valence-corrected chi connectivity index (χ3v) is 25.2. The lowest BCUT2D eigenvalue weighted by Gasteiger charge is -2.36. The monoisotopic (exact) mass is 1870 g/mol. The summed E-state index contributed by atoms with van der Waals surface area (Å²) >= 11 is 0. The van der Waals surface area contributed by atoms with E-state index in [9.17, 15) is 38.4 Å². The molecule has 12 aromatic rings. The SMILES string of the molecule is COc1ccc(CN2C(=O)c3cccc(OCCN(C)Cc4ccccc4)c3C2=O)cc1OC.COc1ccc(CN2C(=O)c3cccc(OCCNCc4ccccc4)c3C2=O)cc1OC.COc1ccc(CN2CCN(c3cccc4c3C(=O)N(Cc3ccc(OC)c(OC)c3)C4=O)CC2)cc1OC.Cc1c(CN2C(=O)c3cccc(N4CCN(Cc5ccccc5)CC4)c3C2=O)cnn1C. The van der Waals surface area contributed by atoms with E-state index in [-0.39, 0.29) is 73.4 Å². The van der Waals surface area contributed by atoms with Gasteiger partial charge in [-0.3, -0.25) is 77.3 Å². The normalized spacial score (nSPS) is 14.4. The molecule has 0 aliphatic carbocycles. The average molecular weight is 1870 g/mol. The van der Waals surface area contributed by atoms with E-state index in [1.807, 2.05) is 112 Å². The zero-order valence-corrected chi connectivity index (χ0v) is 79.5. The van der Waals surface area contributed by atoms with E-state index < -0.39 is 0 Å². The summed E-state index contributed by atoms with van der Waals surface area (Å²) in [7, 11) is 16.5. The summed E-state index contributed by atoms with van der Waals surface area (Å²) in [6, 6.07) is 74.2. The van der Waals surface area contributed by atoms with Crippen LogP contribution in [-0.2, 0) is 59.4 Å². The molecular weight excluding hydrogens is 1750 g/mol. The van der Waals surface area contributed by atoms with Gasteiger partial charge in [-0.25, -0.2) is 0 Å². The number of nitrogens with one attached hydrogen (secondary N) is 1.